The average molecular weight is 251 g/mol. The van der Waals surface area contributed by atoms with Crippen LogP contribution in [0.4, 0.5) is 17.6 Å². The van der Waals surface area contributed by atoms with Crippen molar-refractivity contribution in [2.45, 2.75) is 0 Å². The van der Waals surface area contributed by atoms with Crippen LogP contribution in [0.1, 0.15) is 11.1 Å². The van der Waals surface area contributed by atoms with Gasteiger partial charge >= 0.3 is 0 Å². The van der Waals surface area contributed by atoms with E-state index in [1.165, 1.54) is 0 Å². The number of halogens is 4. The molecule has 1 radical (unpaired) electrons. The minimum absolute atomic E-state index is 0.374. The fourth-order valence-corrected chi connectivity index (χ4v) is 1.41. The summed E-state index contributed by atoms with van der Waals surface area (Å²) in [7, 11) is 0. The highest BCUT2D eigenvalue weighted by atomic mass is 19.2. The summed E-state index contributed by atoms with van der Waals surface area (Å²) in [6.07, 6.45) is 2.27. The minimum Gasteiger partial charge on any atom is -0.206 e. The molecule has 0 heterocycles. The molecule has 4 heteroatoms. The molecule has 2 aromatic rings. The quantitative estimate of drug-likeness (QED) is 0.425. The van der Waals surface area contributed by atoms with E-state index in [0.717, 1.165) is 6.07 Å². The normalized spacial score (nSPS) is 11.7. The summed E-state index contributed by atoms with van der Waals surface area (Å²) >= 11 is 0. The van der Waals surface area contributed by atoms with Crippen LogP contribution in [-0.2, 0) is 0 Å². The van der Waals surface area contributed by atoms with E-state index in [2.05, 4.69) is 6.08 Å². The first-order chi connectivity index (χ1) is 8.59. The maximum Gasteiger partial charge on any atom is 0.195 e. The second kappa shape index (κ2) is 5.04. The Morgan fingerprint density at radius 3 is 2.17 bits per heavy atom. The van der Waals surface area contributed by atoms with Crippen molar-refractivity contribution < 1.29 is 17.6 Å². The molecule has 0 aliphatic rings. The monoisotopic (exact) mass is 251 g/mol. The molecule has 0 spiro atoms. The van der Waals surface area contributed by atoms with Gasteiger partial charge in [0, 0.05) is 11.6 Å². The predicted molar refractivity (Wildman–Crippen MR) is 59.6 cm³/mol. The Bertz CT molecular complexity index is 588. The highest BCUT2D eigenvalue weighted by molar-refractivity contribution is 5.60. The minimum atomic E-state index is -1.70. The zero-order valence-corrected chi connectivity index (χ0v) is 9.05. The van der Waals surface area contributed by atoms with Gasteiger partial charge < -0.3 is 0 Å². The van der Waals surface area contributed by atoms with E-state index in [0.29, 0.717) is 11.6 Å². The van der Waals surface area contributed by atoms with Crippen molar-refractivity contribution in [1.29, 1.82) is 0 Å². The summed E-state index contributed by atoms with van der Waals surface area (Å²) in [5.41, 5.74) is -0.281. The first-order valence-corrected chi connectivity index (χ1v) is 5.08. The van der Waals surface area contributed by atoms with Crippen LogP contribution in [0.25, 0.3) is 5.83 Å². The Kier molecular flexibility index (Phi) is 3.46. The van der Waals surface area contributed by atoms with Crippen molar-refractivity contribution in [1.82, 2.24) is 0 Å². The lowest BCUT2D eigenvalue weighted by Crippen LogP contribution is -1.95. The maximum absolute atomic E-state index is 13.7. The van der Waals surface area contributed by atoms with Crippen LogP contribution in [0.3, 0.4) is 0 Å². The Morgan fingerprint density at radius 1 is 0.833 bits per heavy atom. The molecule has 91 valence electrons. The lowest BCUT2D eigenvalue weighted by atomic mass is 10.1. The zero-order valence-electron chi connectivity index (χ0n) is 9.05. The molecule has 0 saturated heterocycles. The fourth-order valence-electron chi connectivity index (χ4n) is 1.41. The number of hydrogen-bond donors (Lipinski definition) is 0. The van der Waals surface area contributed by atoms with E-state index < -0.39 is 28.8 Å². The fraction of sp³-hybridized carbons (Fsp3) is 0. The van der Waals surface area contributed by atoms with Crippen molar-refractivity contribution in [3.05, 3.63) is 77.1 Å². The Labute approximate surface area is 101 Å². The van der Waals surface area contributed by atoms with E-state index in [-0.39, 0.29) is 0 Å². The number of hydrogen-bond acceptors (Lipinski definition) is 0. The summed E-state index contributed by atoms with van der Waals surface area (Å²) in [4.78, 5) is 0. The molecule has 2 aromatic carbocycles. The molecule has 0 unspecified atom stereocenters. The summed E-state index contributed by atoms with van der Waals surface area (Å²) in [5.74, 6) is -5.70. The number of rotatable bonds is 2. The standard InChI is InChI=1S/C14H7F4/c15-11-7-6-10(13(17)14(11)18)12(16)8-9-4-2-1-3-5-9/h1-7H. The first-order valence-electron chi connectivity index (χ1n) is 5.08. The van der Waals surface area contributed by atoms with Crippen molar-refractivity contribution >= 4 is 5.83 Å². The van der Waals surface area contributed by atoms with Crippen LogP contribution >= 0.6 is 0 Å². The molecule has 0 aromatic heterocycles. The van der Waals surface area contributed by atoms with Gasteiger partial charge in [-0.2, -0.15) is 0 Å². The maximum atomic E-state index is 13.7. The third-order valence-electron chi connectivity index (χ3n) is 2.30. The highest BCUT2D eigenvalue weighted by Crippen LogP contribution is 2.24. The zero-order chi connectivity index (χ0) is 13.1. The molecule has 0 aliphatic carbocycles. The largest absolute Gasteiger partial charge is 0.206 e. The highest BCUT2D eigenvalue weighted by Gasteiger charge is 2.16. The van der Waals surface area contributed by atoms with Gasteiger partial charge in [0.25, 0.3) is 0 Å². The van der Waals surface area contributed by atoms with Crippen LogP contribution in [0, 0.1) is 23.5 Å². The van der Waals surface area contributed by atoms with Gasteiger partial charge in [0.2, 0.25) is 0 Å². The van der Waals surface area contributed by atoms with Gasteiger partial charge in [0.15, 0.2) is 17.5 Å². The average Bonchev–Trinajstić information content (AvgIpc) is 2.37. The van der Waals surface area contributed by atoms with Crippen molar-refractivity contribution in [2.24, 2.45) is 0 Å². The summed E-state index contributed by atoms with van der Waals surface area (Å²) in [5, 5.41) is 0. The van der Waals surface area contributed by atoms with Crippen LogP contribution in [-0.4, -0.2) is 0 Å². The smallest absolute Gasteiger partial charge is 0.195 e. The predicted octanol–water partition coefficient (Wildman–Crippen LogP) is 4.27. The molecule has 18 heavy (non-hydrogen) atoms. The van der Waals surface area contributed by atoms with Crippen molar-refractivity contribution in [2.75, 3.05) is 0 Å². The first kappa shape index (κ1) is 12.4. The number of benzene rings is 2. The molecule has 0 nitrogen and oxygen atoms in total. The van der Waals surface area contributed by atoms with E-state index >= 15 is 0 Å². The van der Waals surface area contributed by atoms with Gasteiger partial charge in [-0.15, -0.1) is 0 Å². The summed E-state index contributed by atoms with van der Waals surface area (Å²) in [6.45, 7) is 0. The SMILES string of the molecule is FC(=[C]c1ccccc1)c1ccc(F)c(F)c1F. The molecule has 0 aliphatic heterocycles. The third kappa shape index (κ3) is 2.42. The molecule has 2 rings (SSSR count). The second-order valence-electron chi connectivity index (χ2n) is 3.53. The molecule has 0 N–H and O–H groups in total. The van der Waals surface area contributed by atoms with Crippen LogP contribution in [0.2, 0.25) is 0 Å². The van der Waals surface area contributed by atoms with E-state index in [9.17, 15) is 17.6 Å². The lowest BCUT2D eigenvalue weighted by Gasteiger charge is -2.02. The third-order valence-corrected chi connectivity index (χ3v) is 2.30. The van der Waals surface area contributed by atoms with E-state index in [4.69, 9.17) is 0 Å². The van der Waals surface area contributed by atoms with Gasteiger partial charge in [-0.05, 0) is 17.7 Å². The van der Waals surface area contributed by atoms with Gasteiger partial charge in [-0.25, -0.2) is 17.6 Å². The second-order valence-corrected chi connectivity index (χ2v) is 3.53. The topological polar surface area (TPSA) is 0 Å². The lowest BCUT2D eigenvalue weighted by molar-refractivity contribution is 0.444. The van der Waals surface area contributed by atoms with Crippen molar-refractivity contribution in [3.8, 4) is 0 Å². The van der Waals surface area contributed by atoms with Gasteiger partial charge in [-0.3, -0.25) is 0 Å². The van der Waals surface area contributed by atoms with Gasteiger partial charge in [0.1, 0.15) is 5.83 Å². The molecule has 0 fully saturated rings. The van der Waals surface area contributed by atoms with E-state index in [1.807, 2.05) is 0 Å². The Hall–Kier alpha value is -2.10. The Morgan fingerprint density at radius 2 is 1.50 bits per heavy atom. The van der Waals surface area contributed by atoms with Crippen LogP contribution in [0.5, 0.6) is 0 Å². The molecular formula is C14H7F4. The van der Waals surface area contributed by atoms with Gasteiger partial charge in [-0.1, -0.05) is 30.3 Å². The van der Waals surface area contributed by atoms with Crippen LogP contribution in [0.15, 0.2) is 42.5 Å². The van der Waals surface area contributed by atoms with Crippen LogP contribution < -0.4 is 0 Å². The Balaban J connectivity index is 2.44. The molecule has 0 saturated carbocycles. The van der Waals surface area contributed by atoms with Crippen molar-refractivity contribution in [3.63, 3.8) is 0 Å². The summed E-state index contributed by atoms with van der Waals surface area (Å²) in [6, 6.07) is 9.63. The molecular weight excluding hydrogens is 244 g/mol. The van der Waals surface area contributed by atoms with Gasteiger partial charge in [0.05, 0.1) is 0 Å². The molecule has 0 bridgehead atoms. The van der Waals surface area contributed by atoms with E-state index in [1.54, 1.807) is 30.3 Å². The molecule has 0 atom stereocenters. The summed E-state index contributed by atoms with van der Waals surface area (Å²) < 4.78 is 52.6. The molecule has 0 amide bonds.